The number of amides is 2. The van der Waals surface area contributed by atoms with Gasteiger partial charge in [-0.2, -0.15) is 0 Å². The van der Waals surface area contributed by atoms with Crippen LogP contribution in [0.2, 0.25) is 0 Å². The van der Waals surface area contributed by atoms with E-state index in [1.807, 2.05) is 17.5 Å². The van der Waals surface area contributed by atoms with E-state index >= 15 is 4.39 Å². The molecule has 3 fully saturated rings. The molecule has 3 aliphatic heterocycles. The Morgan fingerprint density at radius 1 is 1.14 bits per heavy atom. The first-order valence-corrected chi connectivity index (χ1v) is 18.7. The Bertz CT molecular complexity index is 2000. The van der Waals surface area contributed by atoms with Crippen molar-refractivity contribution in [2.45, 2.75) is 49.2 Å². The molecule has 1 aliphatic carbocycles. The number of nitrogens with zero attached hydrogens (tertiary/aromatic N) is 4. The molecule has 3 aromatic heterocycles. The lowest BCUT2D eigenvalue weighted by Gasteiger charge is -2.49. The van der Waals surface area contributed by atoms with Gasteiger partial charge in [-0.05, 0) is 42.3 Å². The summed E-state index contributed by atoms with van der Waals surface area (Å²) >= 11 is 9.64. The predicted octanol–water partition coefficient (Wildman–Crippen LogP) is 2.80. The van der Waals surface area contributed by atoms with Gasteiger partial charge in [-0.1, -0.05) is 30.0 Å². The highest BCUT2D eigenvalue weighted by Gasteiger charge is 2.54. The number of rotatable bonds is 10. The third-order valence-corrected chi connectivity index (χ3v) is 12.3. The molecule has 49 heavy (non-hydrogen) atoms. The number of aromatic nitrogens is 2. The number of thiophene rings is 1. The van der Waals surface area contributed by atoms with E-state index < -0.39 is 46.1 Å². The second kappa shape index (κ2) is 13.4. The lowest BCUT2D eigenvalue weighted by atomic mass is 10.0. The van der Waals surface area contributed by atoms with Crippen molar-refractivity contribution in [1.29, 1.82) is 0 Å². The zero-order valence-corrected chi connectivity index (χ0v) is 28.9. The van der Waals surface area contributed by atoms with Gasteiger partial charge in [0.2, 0.25) is 11.3 Å². The van der Waals surface area contributed by atoms with Gasteiger partial charge in [0.25, 0.3) is 5.91 Å². The second-order valence-electron chi connectivity index (χ2n) is 12.1. The molecule has 7 rings (SSSR count). The van der Waals surface area contributed by atoms with Crippen LogP contribution in [0.5, 0.6) is 0 Å². The molecule has 0 aromatic carbocycles. The maximum Gasteiger partial charge on any atom is 0.352 e. The Kier molecular flexibility index (Phi) is 9.14. The summed E-state index contributed by atoms with van der Waals surface area (Å²) < 4.78 is 17.4. The third kappa shape index (κ3) is 6.53. The van der Waals surface area contributed by atoms with Gasteiger partial charge in [-0.15, -0.1) is 23.1 Å². The van der Waals surface area contributed by atoms with E-state index in [9.17, 15) is 34.2 Å². The van der Waals surface area contributed by atoms with Crippen LogP contribution in [-0.4, -0.2) is 94.8 Å². The fraction of sp³-hybridized carbons (Fsp3) is 0.387. The normalized spacial score (nSPS) is 21.8. The van der Waals surface area contributed by atoms with Gasteiger partial charge in [-0.3, -0.25) is 19.3 Å². The van der Waals surface area contributed by atoms with E-state index in [0.29, 0.717) is 35.2 Å². The number of halogens is 1. The average molecular weight is 745 g/mol. The Labute approximate surface area is 295 Å². The SMILES string of the molecule is O=C(Cc1cccs1)NC1C(=O)N2C(C(=O)O)=C(CSC(=S)NC3CCN(c4nc5c(cc4F)c(=O)c(C(=O)O)cn5C4CC4)C3)CSC12. The molecule has 2 amide bonds. The Balaban J connectivity index is 0.976. The number of carbonyl (C=O) groups is 4. The van der Waals surface area contributed by atoms with E-state index in [0.717, 1.165) is 23.8 Å². The van der Waals surface area contributed by atoms with Gasteiger partial charge in [0.05, 0.1) is 11.8 Å². The first-order valence-electron chi connectivity index (χ1n) is 15.4. The summed E-state index contributed by atoms with van der Waals surface area (Å²) in [6, 6.07) is 3.79. The molecule has 3 unspecified atom stereocenters. The minimum Gasteiger partial charge on any atom is -0.477 e. The quantitative estimate of drug-likeness (QED) is 0.177. The maximum atomic E-state index is 15.4. The topological polar surface area (TPSA) is 174 Å². The van der Waals surface area contributed by atoms with E-state index in [-0.39, 0.29) is 52.7 Å². The van der Waals surface area contributed by atoms with Crippen molar-refractivity contribution in [3.63, 3.8) is 0 Å². The number of fused-ring (bicyclic) bond motifs is 2. The van der Waals surface area contributed by atoms with Crippen LogP contribution in [0.25, 0.3) is 11.0 Å². The molecular formula is C31H29FN6O7S4. The lowest BCUT2D eigenvalue weighted by molar-refractivity contribution is -0.150. The smallest absolute Gasteiger partial charge is 0.352 e. The number of carbonyl (C=O) groups excluding carboxylic acids is 2. The fourth-order valence-corrected chi connectivity index (χ4v) is 9.58. The first-order chi connectivity index (χ1) is 23.5. The van der Waals surface area contributed by atoms with Crippen molar-refractivity contribution in [3.05, 3.63) is 67.5 Å². The fourth-order valence-electron chi connectivity index (χ4n) is 6.26. The van der Waals surface area contributed by atoms with E-state index in [4.69, 9.17) is 12.2 Å². The number of aromatic carboxylic acids is 1. The van der Waals surface area contributed by atoms with Crippen LogP contribution in [0.15, 0.2) is 45.8 Å². The van der Waals surface area contributed by atoms with Crippen molar-refractivity contribution >= 4 is 92.0 Å². The third-order valence-electron chi connectivity index (χ3n) is 8.78. The molecule has 4 N–H and O–H groups in total. The van der Waals surface area contributed by atoms with Gasteiger partial charge in [0, 0.05) is 47.8 Å². The largest absolute Gasteiger partial charge is 0.477 e. The van der Waals surface area contributed by atoms with Crippen LogP contribution in [-0.2, 0) is 20.8 Å². The zero-order valence-electron chi connectivity index (χ0n) is 25.6. The first kappa shape index (κ1) is 33.5. The molecule has 6 heterocycles. The van der Waals surface area contributed by atoms with Crippen LogP contribution < -0.4 is 21.0 Å². The van der Waals surface area contributed by atoms with E-state index in [1.165, 1.54) is 46.0 Å². The summed E-state index contributed by atoms with van der Waals surface area (Å²) in [4.78, 5) is 70.6. The molecular weight excluding hydrogens is 716 g/mol. The van der Waals surface area contributed by atoms with Gasteiger partial charge in [0.1, 0.15) is 32.6 Å². The molecule has 18 heteroatoms. The van der Waals surface area contributed by atoms with Gasteiger partial charge in [-0.25, -0.2) is 19.0 Å². The van der Waals surface area contributed by atoms with Crippen LogP contribution in [0.3, 0.4) is 0 Å². The highest BCUT2D eigenvalue weighted by Crippen LogP contribution is 2.41. The summed E-state index contributed by atoms with van der Waals surface area (Å²) in [6.07, 6.45) is 3.67. The Morgan fingerprint density at radius 2 is 1.94 bits per heavy atom. The van der Waals surface area contributed by atoms with E-state index in [2.05, 4.69) is 15.6 Å². The number of hydrogen-bond acceptors (Lipinski definition) is 11. The number of anilines is 1. The molecule has 13 nitrogen and oxygen atoms in total. The molecule has 3 atom stereocenters. The summed E-state index contributed by atoms with van der Waals surface area (Å²) in [5.41, 5.74) is -0.485. The van der Waals surface area contributed by atoms with Gasteiger partial charge >= 0.3 is 11.9 Å². The molecule has 1 saturated carbocycles. The summed E-state index contributed by atoms with van der Waals surface area (Å²) in [5, 5.41) is 26.8. The number of β-lactam (4-membered cyclic amide) rings is 1. The summed E-state index contributed by atoms with van der Waals surface area (Å²) in [7, 11) is 0. The summed E-state index contributed by atoms with van der Waals surface area (Å²) in [5.74, 6) is -3.42. The number of thioether (sulfide) groups is 2. The molecule has 256 valence electrons. The molecule has 2 saturated heterocycles. The Hall–Kier alpha value is -4.00. The standard InChI is InChI=1S/C31H29FN6O7S4/c32-20-9-18-24(40)19(29(42)43)11-37(16-3-4-16)25(18)35-26(20)36-6-5-15(10-36)33-31(46)49-13-14-12-48-28-22(27(41)38(28)23(14)30(44)45)34-21(39)8-17-2-1-7-47-17/h1-2,7,9,11,15-16,22,28H,3-6,8,10,12-13H2,(H,33,46)(H,34,39)(H,42,43)(H,44,45). The summed E-state index contributed by atoms with van der Waals surface area (Å²) in [6.45, 7) is 0.815. The van der Waals surface area contributed by atoms with Gasteiger partial charge < -0.3 is 30.3 Å². The zero-order chi connectivity index (χ0) is 34.6. The predicted molar refractivity (Wildman–Crippen MR) is 188 cm³/mol. The molecule has 0 bridgehead atoms. The number of carboxylic acid groups (broad SMARTS) is 2. The number of nitrogens with one attached hydrogen (secondary N) is 2. The van der Waals surface area contributed by atoms with Crippen molar-refractivity contribution in [2.24, 2.45) is 0 Å². The highest BCUT2D eigenvalue weighted by atomic mass is 32.2. The highest BCUT2D eigenvalue weighted by molar-refractivity contribution is 8.23. The van der Waals surface area contributed by atoms with Crippen LogP contribution >= 0.6 is 47.1 Å². The van der Waals surface area contributed by atoms with Gasteiger partial charge in [0.15, 0.2) is 11.6 Å². The number of pyridine rings is 2. The Morgan fingerprint density at radius 3 is 2.63 bits per heavy atom. The van der Waals surface area contributed by atoms with Crippen molar-refractivity contribution in [2.75, 3.05) is 29.5 Å². The maximum absolute atomic E-state index is 15.4. The van der Waals surface area contributed by atoms with Crippen molar-refractivity contribution in [1.82, 2.24) is 25.1 Å². The molecule has 0 spiro atoms. The van der Waals surface area contributed by atoms with Crippen molar-refractivity contribution in [3.8, 4) is 0 Å². The molecule has 3 aromatic rings. The average Bonchev–Trinajstić information content (AvgIpc) is 3.58. The molecule has 0 radical (unpaired) electrons. The van der Waals surface area contributed by atoms with Crippen LogP contribution in [0.1, 0.15) is 40.5 Å². The minimum atomic E-state index is -1.37. The number of aliphatic carboxylic acids is 1. The monoisotopic (exact) mass is 744 g/mol. The number of thiocarbonyl (C=S) groups is 1. The lowest BCUT2D eigenvalue weighted by Crippen LogP contribution is -2.70. The van der Waals surface area contributed by atoms with Crippen LogP contribution in [0, 0.1) is 5.82 Å². The minimum absolute atomic E-state index is 0.00247. The number of carboxylic acids is 2. The second-order valence-corrected chi connectivity index (χ2v) is 15.9. The van der Waals surface area contributed by atoms with Crippen molar-refractivity contribution < 1.29 is 33.8 Å². The van der Waals surface area contributed by atoms with E-state index in [1.54, 1.807) is 9.47 Å². The van der Waals surface area contributed by atoms with Crippen LogP contribution in [0.4, 0.5) is 10.2 Å². The molecule has 4 aliphatic rings. The number of hydrogen-bond donors (Lipinski definition) is 4.